The van der Waals surface area contributed by atoms with E-state index in [1.54, 1.807) is 12.1 Å². The van der Waals surface area contributed by atoms with Gasteiger partial charge in [-0.05, 0) is 54.6 Å². The highest BCUT2D eigenvalue weighted by Gasteiger charge is 2.40. The van der Waals surface area contributed by atoms with E-state index in [4.69, 9.17) is 0 Å². The van der Waals surface area contributed by atoms with Crippen molar-refractivity contribution in [3.8, 4) is 0 Å². The van der Waals surface area contributed by atoms with Gasteiger partial charge in [-0.1, -0.05) is 43.0 Å². The van der Waals surface area contributed by atoms with E-state index in [0.717, 1.165) is 48.3 Å². The summed E-state index contributed by atoms with van der Waals surface area (Å²) < 4.78 is 38.3. The van der Waals surface area contributed by atoms with Gasteiger partial charge in [-0.15, -0.1) is 0 Å². The van der Waals surface area contributed by atoms with Crippen LogP contribution in [-0.4, -0.2) is 48.1 Å². The number of aliphatic hydroxyl groups is 1. The predicted molar refractivity (Wildman–Crippen MR) is 112 cm³/mol. The Labute approximate surface area is 175 Å². The number of hydrogen-bond acceptors (Lipinski definition) is 3. The van der Waals surface area contributed by atoms with Gasteiger partial charge < -0.3 is 10.0 Å². The molecule has 1 N–H and O–H groups in total. The van der Waals surface area contributed by atoms with Crippen molar-refractivity contribution in [2.24, 2.45) is 0 Å². The van der Waals surface area contributed by atoms with Crippen LogP contribution in [0.2, 0.25) is 0 Å². The molecular weight excluding hydrogens is 389 g/mol. The van der Waals surface area contributed by atoms with Crippen LogP contribution in [0.4, 0.5) is 13.2 Å². The van der Waals surface area contributed by atoms with Crippen LogP contribution in [0.3, 0.4) is 0 Å². The number of piperidine rings is 1. The summed E-state index contributed by atoms with van der Waals surface area (Å²) in [5.74, 6) is 0.267. The Morgan fingerprint density at radius 2 is 1.57 bits per heavy atom. The largest absolute Gasteiger partial charge is 0.416 e. The molecule has 2 heterocycles. The molecule has 2 aromatic rings. The summed E-state index contributed by atoms with van der Waals surface area (Å²) in [5.41, 5.74) is 2.52. The number of β-amino-alcohol motifs (C(OH)–C–C–N with tert-alkyl or cyclic N) is 1. The molecule has 0 aliphatic carbocycles. The van der Waals surface area contributed by atoms with Crippen molar-refractivity contribution in [2.45, 2.75) is 30.5 Å². The van der Waals surface area contributed by atoms with Crippen LogP contribution >= 0.6 is 0 Å². The summed E-state index contributed by atoms with van der Waals surface area (Å²) in [5, 5.41) is 10.6. The molecule has 0 bridgehead atoms. The molecule has 0 atom stereocenters. The zero-order valence-electron chi connectivity index (χ0n) is 17.1. The molecule has 2 aliphatic heterocycles. The fourth-order valence-corrected chi connectivity index (χ4v) is 4.61. The number of alkyl halides is 3. The van der Waals surface area contributed by atoms with Gasteiger partial charge in [0, 0.05) is 31.9 Å². The second-order valence-electron chi connectivity index (χ2n) is 8.61. The van der Waals surface area contributed by atoms with Crippen LogP contribution < -0.4 is 0 Å². The lowest BCUT2D eigenvalue weighted by atomic mass is 9.86. The Bertz CT molecular complexity index is 892. The Hall–Kier alpha value is -2.31. The molecule has 0 aromatic heterocycles. The summed E-state index contributed by atoms with van der Waals surface area (Å²) >= 11 is 0. The maximum absolute atomic E-state index is 12.8. The first kappa shape index (κ1) is 20.9. The van der Waals surface area contributed by atoms with Crippen LogP contribution in [0.25, 0.3) is 5.70 Å². The normalized spacial score (nSPS) is 20.1. The van der Waals surface area contributed by atoms with Gasteiger partial charge >= 0.3 is 6.18 Å². The Morgan fingerprint density at radius 3 is 2.07 bits per heavy atom. The molecule has 6 heteroatoms. The topological polar surface area (TPSA) is 26.7 Å². The van der Waals surface area contributed by atoms with Gasteiger partial charge in [0.05, 0.1) is 5.56 Å². The highest BCUT2D eigenvalue weighted by atomic mass is 19.4. The summed E-state index contributed by atoms with van der Waals surface area (Å²) in [7, 11) is 1.99. The van der Waals surface area contributed by atoms with E-state index in [1.165, 1.54) is 12.1 Å². The van der Waals surface area contributed by atoms with Crippen molar-refractivity contribution in [1.82, 2.24) is 9.80 Å². The van der Waals surface area contributed by atoms with Crippen molar-refractivity contribution in [3.63, 3.8) is 0 Å². The van der Waals surface area contributed by atoms with E-state index >= 15 is 0 Å². The van der Waals surface area contributed by atoms with Gasteiger partial charge in [-0.3, -0.25) is 4.90 Å². The van der Waals surface area contributed by atoms with Crippen LogP contribution in [-0.2, 0) is 11.8 Å². The lowest BCUT2D eigenvalue weighted by Gasteiger charge is -2.45. The molecule has 30 heavy (non-hydrogen) atoms. The Kier molecular flexibility index (Phi) is 5.41. The van der Waals surface area contributed by atoms with Gasteiger partial charge in [-0.25, -0.2) is 0 Å². The molecule has 2 fully saturated rings. The summed E-state index contributed by atoms with van der Waals surface area (Å²) in [6.45, 7) is 7.18. The molecule has 0 amide bonds. The molecule has 2 aromatic carbocycles. The van der Waals surface area contributed by atoms with Crippen LogP contribution in [0, 0.1) is 0 Å². The van der Waals surface area contributed by atoms with E-state index in [9.17, 15) is 18.3 Å². The van der Waals surface area contributed by atoms with E-state index in [-0.39, 0.29) is 5.92 Å². The second kappa shape index (κ2) is 7.75. The van der Waals surface area contributed by atoms with Crippen molar-refractivity contribution >= 4 is 5.70 Å². The highest BCUT2D eigenvalue weighted by molar-refractivity contribution is 5.62. The zero-order valence-corrected chi connectivity index (χ0v) is 17.1. The number of rotatable bonds is 4. The highest BCUT2D eigenvalue weighted by Crippen LogP contribution is 2.35. The molecule has 4 rings (SSSR count). The average molecular weight is 416 g/mol. The minimum absolute atomic E-state index is 0.267. The van der Waals surface area contributed by atoms with Crippen molar-refractivity contribution in [1.29, 1.82) is 0 Å². The van der Waals surface area contributed by atoms with Crippen LogP contribution in [0.5, 0.6) is 0 Å². The molecule has 2 aliphatic rings. The quantitative estimate of drug-likeness (QED) is 0.784. The van der Waals surface area contributed by atoms with Crippen LogP contribution in [0.15, 0.2) is 55.1 Å². The third kappa shape index (κ3) is 4.12. The SMILES string of the molecule is C=C(c1ccc(C2(O)CN(C)C2)cc1)N1CCC(c2ccc(C(F)(F)F)cc2)CC1. The summed E-state index contributed by atoms with van der Waals surface area (Å²) in [6.07, 6.45) is -2.53. The smallest absolute Gasteiger partial charge is 0.382 e. The molecular formula is C24H27F3N2O. The van der Waals surface area contributed by atoms with Crippen molar-refractivity contribution in [2.75, 3.05) is 33.2 Å². The number of likely N-dealkylation sites (N-methyl/N-ethyl adjacent to an activating group) is 1. The fourth-order valence-electron chi connectivity index (χ4n) is 4.61. The average Bonchev–Trinajstić information content (AvgIpc) is 2.72. The number of benzene rings is 2. The standard InChI is InChI=1S/C24H27F3N2O/c1-17(18-3-7-21(8-4-18)23(30)15-28(2)16-23)29-13-11-20(12-14-29)19-5-9-22(10-6-19)24(25,26)27/h3-10,20,30H,1,11-16H2,2H3. The molecule has 0 saturated carbocycles. The Morgan fingerprint density at radius 1 is 1.00 bits per heavy atom. The van der Waals surface area contributed by atoms with E-state index in [0.29, 0.717) is 13.1 Å². The number of hydrogen-bond donors (Lipinski definition) is 1. The number of nitrogens with zero attached hydrogens (tertiary/aromatic N) is 2. The molecule has 0 unspecified atom stereocenters. The minimum Gasteiger partial charge on any atom is -0.382 e. The first-order valence-corrected chi connectivity index (χ1v) is 10.3. The minimum atomic E-state index is -4.29. The molecule has 0 spiro atoms. The van der Waals surface area contributed by atoms with E-state index < -0.39 is 17.3 Å². The van der Waals surface area contributed by atoms with Gasteiger partial charge in [0.1, 0.15) is 5.60 Å². The molecule has 0 radical (unpaired) electrons. The number of likely N-dealkylation sites (tertiary alicyclic amines) is 2. The Balaban J connectivity index is 1.35. The molecule has 3 nitrogen and oxygen atoms in total. The third-order valence-electron chi connectivity index (χ3n) is 6.40. The number of halogens is 3. The van der Waals surface area contributed by atoms with Gasteiger partial charge in [0.15, 0.2) is 0 Å². The molecule has 160 valence electrons. The van der Waals surface area contributed by atoms with Crippen LogP contribution in [0.1, 0.15) is 41.0 Å². The van der Waals surface area contributed by atoms with Gasteiger partial charge in [-0.2, -0.15) is 13.2 Å². The van der Waals surface area contributed by atoms with Crippen molar-refractivity contribution in [3.05, 3.63) is 77.4 Å². The van der Waals surface area contributed by atoms with Gasteiger partial charge in [0.2, 0.25) is 0 Å². The van der Waals surface area contributed by atoms with E-state index in [2.05, 4.69) is 16.4 Å². The summed E-state index contributed by atoms with van der Waals surface area (Å²) in [4.78, 5) is 4.31. The predicted octanol–water partition coefficient (Wildman–Crippen LogP) is 4.69. The lowest BCUT2D eigenvalue weighted by Crippen LogP contribution is -2.57. The zero-order chi connectivity index (χ0) is 21.5. The maximum Gasteiger partial charge on any atom is 0.416 e. The summed E-state index contributed by atoms with van der Waals surface area (Å²) in [6, 6.07) is 13.5. The fraction of sp³-hybridized carbons (Fsp3) is 0.417. The monoisotopic (exact) mass is 416 g/mol. The first-order chi connectivity index (χ1) is 14.2. The maximum atomic E-state index is 12.8. The molecule has 2 saturated heterocycles. The van der Waals surface area contributed by atoms with E-state index in [1.807, 2.05) is 31.3 Å². The third-order valence-corrected chi connectivity index (χ3v) is 6.40. The lowest BCUT2D eigenvalue weighted by molar-refractivity contribution is -0.137. The van der Waals surface area contributed by atoms with Crippen molar-refractivity contribution < 1.29 is 18.3 Å². The van der Waals surface area contributed by atoms with Gasteiger partial charge in [0.25, 0.3) is 0 Å². The second-order valence-corrected chi connectivity index (χ2v) is 8.61. The first-order valence-electron chi connectivity index (χ1n) is 10.3.